The quantitative estimate of drug-likeness (QED) is 0.292. The van der Waals surface area contributed by atoms with Crippen molar-refractivity contribution in [2.24, 2.45) is 5.16 Å². The van der Waals surface area contributed by atoms with Gasteiger partial charge in [-0.2, -0.15) is 8.42 Å². The molecule has 0 bridgehead atoms. The van der Waals surface area contributed by atoms with E-state index in [1.807, 2.05) is 76.2 Å². The first-order valence-corrected chi connectivity index (χ1v) is 13.3. The van der Waals surface area contributed by atoms with Crippen LogP contribution in [0.15, 0.2) is 58.6 Å². The first kappa shape index (κ1) is 24.9. The molecule has 3 aromatic carbocycles. The highest BCUT2D eigenvalue weighted by molar-refractivity contribution is 7.86. The highest BCUT2D eigenvalue weighted by atomic mass is 32.2. The smallest absolute Gasteiger partial charge is 0.359 e. The van der Waals surface area contributed by atoms with Crippen molar-refractivity contribution >= 4 is 32.8 Å². The zero-order valence-corrected chi connectivity index (χ0v) is 21.8. The van der Waals surface area contributed by atoms with Crippen molar-refractivity contribution in [2.45, 2.75) is 70.3 Å². The second kappa shape index (κ2) is 9.46. The van der Waals surface area contributed by atoms with Gasteiger partial charge in [-0.25, -0.2) is 0 Å². The van der Waals surface area contributed by atoms with Crippen LogP contribution in [0.5, 0.6) is 5.75 Å². The largest absolute Gasteiger partial charge is 0.484 e. The van der Waals surface area contributed by atoms with Gasteiger partial charge in [0, 0.05) is 12.1 Å². The molecule has 7 heteroatoms. The van der Waals surface area contributed by atoms with Gasteiger partial charge in [-0.15, -0.1) is 0 Å². The SMILES string of the molecule is CC1Oc2ccc3ccccc3c2/C1=N/OS(=O)(=O)c1c(C(C)C)cc(C(C)C)cc1C(C)C=N. The summed E-state index contributed by atoms with van der Waals surface area (Å²) in [6.07, 6.45) is 0.794. The number of oxime groups is 1. The molecule has 0 spiro atoms. The minimum Gasteiger partial charge on any atom is -0.484 e. The Balaban J connectivity index is 1.86. The molecule has 0 aliphatic carbocycles. The molecule has 1 N–H and O–H groups in total. The monoisotopic (exact) mass is 492 g/mol. The fourth-order valence-electron chi connectivity index (χ4n) is 4.49. The average molecular weight is 493 g/mol. The van der Waals surface area contributed by atoms with E-state index in [2.05, 4.69) is 19.0 Å². The van der Waals surface area contributed by atoms with Crippen molar-refractivity contribution in [1.29, 1.82) is 5.41 Å². The van der Waals surface area contributed by atoms with Crippen LogP contribution in [0.25, 0.3) is 10.8 Å². The van der Waals surface area contributed by atoms with Crippen molar-refractivity contribution in [1.82, 2.24) is 0 Å². The molecule has 0 saturated heterocycles. The van der Waals surface area contributed by atoms with Crippen molar-refractivity contribution in [3.05, 3.63) is 70.8 Å². The Labute approximate surface area is 207 Å². The van der Waals surface area contributed by atoms with Gasteiger partial charge in [-0.1, -0.05) is 82.2 Å². The predicted octanol–water partition coefficient (Wildman–Crippen LogP) is 6.73. The molecule has 1 aliphatic rings. The summed E-state index contributed by atoms with van der Waals surface area (Å²) in [6.45, 7) is 11.7. The number of nitrogens with one attached hydrogen (secondary N) is 1. The number of nitrogens with zero attached hydrogens (tertiary/aromatic N) is 1. The van der Waals surface area contributed by atoms with Crippen molar-refractivity contribution in [3.8, 4) is 5.75 Å². The predicted molar refractivity (Wildman–Crippen MR) is 141 cm³/mol. The zero-order valence-electron chi connectivity index (χ0n) is 21.0. The first-order chi connectivity index (χ1) is 16.5. The summed E-state index contributed by atoms with van der Waals surface area (Å²) in [7, 11) is -4.28. The standard InChI is InChI=1S/C28H32N2O4S/c1-16(2)21-13-23(17(3)4)28(24(14-21)18(5)15-29)35(31,32)34-30-27-19(6)33-25-12-11-20-9-7-8-10-22(20)26(25)27/h7-19,29H,1-6H3/b29-15?,30-27+. The first-order valence-electron chi connectivity index (χ1n) is 11.9. The highest BCUT2D eigenvalue weighted by Crippen LogP contribution is 2.38. The topological polar surface area (TPSA) is 88.8 Å². The summed E-state index contributed by atoms with van der Waals surface area (Å²) >= 11 is 0. The maximum absolute atomic E-state index is 13.7. The molecule has 2 atom stereocenters. The van der Waals surface area contributed by atoms with Gasteiger partial charge in [0.05, 0.1) is 5.56 Å². The average Bonchev–Trinajstić information content (AvgIpc) is 3.16. The molecule has 0 saturated carbocycles. The fourth-order valence-corrected chi connectivity index (χ4v) is 5.86. The van der Waals surface area contributed by atoms with Gasteiger partial charge in [-0.3, -0.25) is 4.28 Å². The lowest BCUT2D eigenvalue weighted by Crippen LogP contribution is -2.19. The number of rotatable bonds is 7. The summed E-state index contributed by atoms with van der Waals surface area (Å²) in [5.74, 6) is 0.400. The summed E-state index contributed by atoms with van der Waals surface area (Å²) in [5.41, 5.74) is 3.43. The van der Waals surface area contributed by atoms with E-state index in [0.717, 1.165) is 21.9 Å². The molecular formula is C28H32N2O4S. The van der Waals surface area contributed by atoms with Crippen LogP contribution in [0, 0.1) is 5.41 Å². The third-order valence-corrected chi connectivity index (χ3v) is 7.76. The molecule has 0 amide bonds. The maximum atomic E-state index is 13.7. The summed E-state index contributed by atoms with van der Waals surface area (Å²) in [6, 6.07) is 15.5. The van der Waals surface area contributed by atoms with Crippen LogP contribution in [0.1, 0.15) is 81.5 Å². The molecule has 0 aromatic heterocycles. The number of hydrogen-bond acceptors (Lipinski definition) is 6. The minimum atomic E-state index is -4.28. The van der Waals surface area contributed by atoms with Gasteiger partial charge in [0.25, 0.3) is 0 Å². The Morgan fingerprint density at radius 2 is 1.69 bits per heavy atom. The van der Waals surface area contributed by atoms with Gasteiger partial charge in [-0.05, 0) is 52.3 Å². The molecule has 0 fully saturated rings. The Kier molecular flexibility index (Phi) is 6.73. The van der Waals surface area contributed by atoms with Crippen LogP contribution in [0.3, 0.4) is 0 Å². The van der Waals surface area contributed by atoms with Crippen LogP contribution in [0.2, 0.25) is 0 Å². The molecular weight excluding hydrogens is 460 g/mol. The number of hydrogen-bond donors (Lipinski definition) is 1. The van der Waals surface area contributed by atoms with Crippen LogP contribution in [0.4, 0.5) is 0 Å². The van der Waals surface area contributed by atoms with Crippen LogP contribution < -0.4 is 4.74 Å². The molecule has 184 valence electrons. The molecule has 4 rings (SSSR count). The summed E-state index contributed by atoms with van der Waals surface area (Å²) < 4.78 is 38.7. The van der Waals surface area contributed by atoms with E-state index in [9.17, 15) is 8.42 Å². The van der Waals surface area contributed by atoms with Gasteiger partial charge in [0.15, 0.2) is 0 Å². The lowest BCUT2D eigenvalue weighted by Gasteiger charge is -2.21. The van der Waals surface area contributed by atoms with Crippen LogP contribution in [-0.2, 0) is 14.4 Å². The molecule has 3 aromatic rings. The molecule has 1 aliphatic heterocycles. The van der Waals surface area contributed by atoms with E-state index in [4.69, 9.17) is 14.4 Å². The minimum absolute atomic E-state index is 0.0650. The Hall–Kier alpha value is -3.19. The Morgan fingerprint density at radius 1 is 1.00 bits per heavy atom. The van der Waals surface area contributed by atoms with Gasteiger partial charge in [0.1, 0.15) is 22.5 Å². The second-order valence-electron chi connectivity index (χ2n) is 9.72. The van der Waals surface area contributed by atoms with E-state index in [1.165, 1.54) is 6.21 Å². The number of ether oxygens (including phenoxy) is 1. The lowest BCUT2D eigenvalue weighted by molar-refractivity contribution is 0.291. The van der Waals surface area contributed by atoms with Crippen LogP contribution in [-0.4, -0.2) is 26.4 Å². The third kappa shape index (κ3) is 4.57. The Morgan fingerprint density at radius 3 is 2.34 bits per heavy atom. The van der Waals surface area contributed by atoms with E-state index in [1.54, 1.807) is 0 Å². The van der Waals surface area contributed by atoms with Crippen molar-refractivity contribution in [3.63, 3.8) is 0 Å². The molecule has 0 radical (unpaired) electrons. The van der Waals surface area contributed by atoms with E-state index in [0.29, 0.717) is 22.6 Å². The summed E-state index contributed by atoms with van der Waals surface area (Å²) in [5, 5.41) is 13.9. The fraction of sp³-hybridized carbons (Fsp3) is 0.357. The molecule has 6 nitrogen and oxygen atoms in total. The maximum Gasteiger partial charge on any atom is 0.359 e. The van der Waals surface area contributed by atoms with Crippen molar-refractivity contribution in [2.75, 3.05) is 0 Å². The lowest BCUT2D eigenvalue weighted by atomic mass is 9.89. The van der Waals surface area contributed by atoms with Gasteiger partial charge < -0.3 is 10.1 Å². The van der Waals surface area contributed by atoms with E-state index < -0.39 is 22.1 Å². The molecule has 1 heterocycles. The van der Waals surface area contributed by atoms with Gasteiger partial charge in [0.2, 0.25) is 0 Å². The number of fused-ring (bicyclic) bond motifs is 3. The molecule has 35 heavy (non-hydrogen) atoms. The molecule has 2 unspecified atom stereocenters. The van der Waals surface area contributed by atoms with E-state index in [-0.39, 0.29) is 16.7 Å². The van der Waals surface area contributed by atoms with Gasteiger partial charge >= 0.3 is 10.1 Å². The Bertz CT molecular complexity index is 1420. The van der Waals surface area contributed by atoms with Crippen molar-refractivity contribution < 1.29 is 17.4 Å². The highest BCUT2D eigenvalue weighted by Gasteiger charge is 2.33. The van der Waals surface area contributed by atoms with Crippen LogP contribution >= 0.6 is 0 Å². The van der Waals surface area contributed by atoms with E-state index >= 15 is 0 Å². The second-order valence-corrected chi connectivity index (χ2v) is 11.2. The third-order valence-electron chi connectivity index (χ3n) is 6.52. The normalized spacial score (nSPS) is 17.6. The number of benzene rings is 3. The zero-order chi connectivity index (χ0) is 25.5. The summed E-state index contributed by atoms with van der Waals surface area (Å²) in [4.78, 5) is 0.0990.